The Labute approximate surface area is 119 Å². The number of furan rings is 1. The number of rotatable bonds is 6. The average Bonchev–Trinajstić information content (AvgIpc) is 2.97. The Bertz CT molecular complexity index is 536. The molecular formula is C12H16BrN3O3. The highest BCUT2D eigenvalue weighted by atomic mass is 79.9. The van der Waals surface area contributed by atoms with Crippen LogP contribution in [0.15, 0.2) is 25.7 Å². The second-order valence-electron chi connectivity index (χ2n) is 4.50. The highest BCUT2D eigenvalue weighted by Gasteiger charge is 2.28. The fraction of sp³-hybridized carbons (Fsp3) is 0.500. The number of halogens is 1. The van der Waals surface area contributed by atoms with E-state index in [4.69, 9.17) is 19.4 Å². The summed E-state index contributed by atoms with van der Waals surface area (Å²) >= 11 is 3.22. The van der Waals surface area contributed by atoms with Crippen LogP contribution in [0.3, 0.4) is 0 Å². The van der Waals surface area contributed by atoms with Crippen LogP contribution in [0, 0.1) is 0 Å². The lowest BCUT2D eigenvalue weighted by Gasteiger charge is -2.19. The second kappa shape index (κ2) is 5.85. The second-order valence-corrected chi connectivity index (χ2v) is 5.28. The van der Waals surface area contributed by atoms with Crippen molar-refractivity contribution >= 4 is 15.9 Å². The summed E-state index contributed by atoms with van der Waals surface area (Å²) in [5.74, 6) is 1.19. The molecule has 1 unspecified atom stereocenters. The highest BCUT2D eigenvalue weighted by Crippen LogP contribution is 2.25. The third-order valence-electron chi connectivity index (χ3n) is 2.47. The summed E-state index contributed by atoms with van der Waals surface area (Å²) in [7, 11) is 0. The van der Waals surface area contributed by atoms with Gasteiger partial charge in [-0.2, -0.15) is 4.98 Å². The fourth-order valence-corrected chi connectivity index (χ4v) is 1.78. The van der Waals surface area contributed by atoms with Crippen LogP contribution < -0.4 is 5.73 Å². The van der Waals surface area contributed by atoms with Crippen LogP contribution in [0.5, 0.6) is 0 Å². The summed E-state index contributed by atoms with van der Waals surface area (Å²) in [5.41, 5.74) is 5.33. The van der Waals surface area contributed by atoms with Gasteiger partial charge in [-0.15, -0.1) is 0 Å². The molecule has 2 heterocycles. The molecule has 0 aliphatic rings. The van der Waals surface area contributed by atoms with Crippen molar-refractivity contribution in [3.8, 4) is 11.7 Å². The maximum atomic E-state index is 6.13. The van der Waals surface area contributed by atoms with Crippen LogP contribution >= 0.6 is 15.9 Å². The standard InChI is InChI=1S/C12H16BrN3O3/c1-3-6-17-7-12(2,14)11-15-10(19-16-11)8-4-5-9(13)18-8/h4-5H,3,6-7,14H2,1-2H3. The molecular weight excluding hydrogens is 314 g/mol. The Morgan fingerprint density at radius 2 is 2.26 bits per heavy atom. The Morgan fingerprint density at radius 3 is 2.89 bits per heavy atom. The first kappa shape index (κ1) is 14.2. The summed E-state index contributed by atoms with van der Waals surface area (Å²) in [6.07, 6.45) is 0.938. The van der Waals surface area contributed by atoms with Crippen molar-refractivity contribution in [1.82, 2.24) is 10.1 Å². The first-order valence-electron chi connectivity index (χ1n) is 5.99. The molecule has 0 radical (unpaired) electrons. The van der Waals surface area contributed by atoms with Gasteiger partial charge in [0.25, 0.3) is 5.89 Å². The van der Waals surface area contributed by atoms with Crippen molar-refractivity contribution in [1.29, 1.82) is 0 Å². The van der Waals surface area contributed by atoms with Crippen LogP contribution in [-0.4, -0.2) is 23.4 Å². The summed E-state index contributed by atoms with van der Waals surface area (Å²) in [4.78, 5) is 4.25. The lowest BCUT2D eigenvalue weighted by atomic mass is 10.1. The molecule has 2 rings (SSSR count). The number of hydrogen-bond donors (Lipinski definition) is 1. The van der Waals surface area contributed by atoms with Gasteiger partial charge in [-0.25, -0.2) is 0 Å². The smallest absolute Gasteiger partial charge is 0.293 e. The zero-order valence-corrected chi connectivity index (χ0v) is 12.4. The molecule has 2 aromatic rings. The summed E-state index contributed by atoms with van der Waals surface area (Å²) in [5, 5.41) is 3.89. The van der Waals surface area contributed by atoms with Crippen LogP contribution in [0.2, 0.25) is 0 Å². The Hall–Kier alpha value is -1.18. The topological polar surface area (TPSA) is 87.3 Å². The number of aromatic nitrogens is 2. The predicted molar refractivity (Wildman–Crippen MR) is 72.3 cm³/mol. The molecule has 1 atom stereocenters. The molecule has 0 saturated carbocycles. The van der Waals surface area contributed by atoms with Gasteiger partial charge in [0.05, 0.1) is 6.61 Å². The Kier molecular flexibility index (Phi) is 4.38. The van der Waals surface area contributed by atoms with E-state index in [2.05, 4.69) is 26.1 Å². The number of ether oxygens (including phenoxy) is 1. The van der Waals surface area contributed by atoms with Crippen molar-refractivity contribution in [3.63, 3.8) is 0 Å². The van der Waals surface area contributed by atoms with E-state index in [-0.39, 0.29) is 0 Å². The molecule has 0 bridgehead atoms. The maximum absolute atomic E-state index is 6.13. The van der Waals surface area contributed by atoms with E-state index in [1.807, 2.05) is 6.92 Å². The van der Waals surface area contributed by atoms with Crippen molar-refractivity contribution in [2.24, 2.45) is 5.73 Å². The van der Waals surface area contributed by atoms with Crippen molar-refractivity contribution < 1.29 is 13.7 Å². The molecule has 104 valence electrons. The minimum atomic E-state index is -0.791. The normalized spacial score (nSPS) is 14.5. The zero-order chi connectivity index (χ0) is 13.9. The van der Waals surface area contributed by atoms with Crippen molar-refractivity contribution in [2.75, 3.05) is 13.2 Å². The van der Waals surface area contributed by atoms with Gasteiger partial charge >= 0.3 is 0 Å². The Morgan fingerprint density at radius 1 is 1.47 bits per heavy atom. The molecule has 0 aliphatic heterocycles. The molecule has 19 heavy (non-hydrogen) atoms. The van der Waals surface area contributed by atoms with E-state index < -0.39 is 5.54 Å². The molecule has 7 heteroatoms. The lowest BCUT2D eigenvalue weighted by Crippen LogP contribution is -2.39. The third kappa shape index (κ3) is 3.43. The van der Waals surface area contributed by atoms with E-state index in [0.29, 0.717) is 35.4 Å². The van der Waals surface area contributed by atoms with Gasteiger partial charge in [0.2, 0.25) is 0 Å². The van der Waals surface area contributed by atoms with Crippen molar-refractivity contribution in [2.45, 2.75) is 25.8 Å². The molecule has 2 aromatic heterocycles. The minimum Gasteiger partial charge on any atom is -0.444 e. The monoisotopic (exact) mass is 329 g/mol. The largest absolute Gasteiger partial charge is 0.444 e. The van der Waals surface area contributed by atoms with Crippen LogP contribution in [-0.2, 0) is 10.3 Å². The van der Waals surface area contributed by atoms with E-state index in [0.717, 1.165) is 6.42 Å². The minimum absolute atomic E-state index is 0.299. The van der Waals surface area contributed by atoms with E-state index >= 15 is 0 Å². The number of nitrogens with two attached hydrogens (primary N) is 1. The maximum Gasteiger partial charge on any atom is 0.293 e. The van der Waals surface area contributed by atoms with E-state index in [1.54, 1.807) is 19.1 Å². The van der Waals surface area contributed by atoms with E-state index in [9.17, 15) is 0 Å². The van der Waals surface area contributed by atoms with Gasteiger partial charge in [-0.05, 0) is 41.4 Å². The lowest BCUT2D eigenvalue weighted by molar-refractivity contribution is 0.0867. The molecule has 6 nitrogen and oxygen atoms in total. The van der Waals surface area contributed by atoms with Crippen LogP contribution in [0.4, 0.5) is 0 Å². The first-order valence-corrected chi connectivity index (χ1v) is 6.79. The van der Waals surface area contributed by atoms with Gasteiger partial charge < -0.3 is 19.4 Å². The summed E-state index contributed by atoms with van der Waals surface area (Å²) in [6.45, 7) is 4.83. The molecule has 2 N–H and O–H groups in total. The SMILES string of the molecule is CCCOCC(C)(N)c1noc(-c2ccc(Br)o2)n1. The third-order valence-corrected chi connectivity index (χ3v) is 2.90. The first-order chi connectivity index (χ1) is 9.03. The van der Waals surface area contributed by atoms with Crippen LogP contribution in [0.1, 0.15) is 26.1 Å². The Balaban J connectivity index is 2.11. The molecule has 0 aromatic carbocycles. The van der Waals surface area contributed by atoms with Gasteiger partial charge in [-0.1, -0.05) is 12.1 Å². The van der Waals surface area contributed by atoms with Gasteiger partial charge in [-0.3, -0.25) is 0 Å². The van der Waals surface area contributed by atoms with Gasteiger partial charge in [0.15, 0.2) is 16.3 Å². The fourth-order valence-electron chi connectivity index (χ4n) is 1.48. The highest BCUT2D eigenvalue weighted by molar-refractivity contribution is 9.10. The molecule has 0 amide bonds. The van der Waals surface area contributed by atoms with Crippen molar-refractivity contribution in [3.05, 3.63) is 22.6 Å². The zero-order valence-electron chi connectivity index (χ0n) is 10.9. The number of hydrogen-bond acceptors (Lipinski definition) is 6. The average molecular weight is 330 g/mol. The van der Waals surface area contributed by atoms with E-state index in [1.165, 1.54) is 0 Å². The molecule has 0 spiro atoms. The molecule has 0 saturated heterocycles. The predicted octanol–water partition coefficient (Wildman–Crippen LogP) is 2.69. The van der Waals surface area contributed by atoms with Gasteiger partial charge in [0, 0.05) is 6.61 Å². The summed E-state index contributed by atoms with van der Waals surface area (Å²) in [6, 6.07) is 3.49. The number of nitrogens with zero attached hydrogens (tertiary/aromatic N) is 2. The quantitative estimate of drug-likeness (QED) is 0.820. The molecule has 0 fully saturated rings. The van der Waals surface area contributed by atoms with Crippen LogP contribution in [0.25, 0.3) is 11.7 Å². The summed E-state index contributed by atoms with van der Waals surface area (Å²) < 4.78 is 16.5. The molecule has 0 aliphatic carbocycles. The van der Waals surface area contributed by atoms with Gasteiger partial charge in [0.1, 0.15) is 5.54 Å².